The third-order valence-corrected chi connectivity index (χ3v) is 4.22. The maximum absolute atomic E-state index is 14.4. The van der Waals surface area contributed by atoms with Gasteiger partial charge in [-0.15, -0.1) is 0 Å². The van der Waals surface area contributed by atoms with Crippen LogP contribution in [0.4, 0.5) is 4.39 Å². The van der Waals surface area contributed by atoms with Gasteiger partial charge in [0.05, 0.1) is 10.5 Å². The van der Waals surface area contributed by atoms with E-state index in [-0.39, 0.29) is 11.9 Å². The van der Waals surface area contributed by atoms with E-state index < -0.39 is 0 Å². The van der Waals surface area contributed by atoms with E-state index in [2.05, 4.69) is 26.2 Å². The molecule has 3 aromatic rings. The highest BCUT2D eigenvalue weighted by Gasteiger charge is 2.19. The molecular formula is C17H14BrFN2. The van der Waals surface area contributed by atoms with Gasteiger partial charge in [0.25, 0.3) is 0 Å². The summed E-state index contributed by atoms with van der Waals surface area (Å²) in [5.41, 5.74) is 1.63. The van der Waals surface area contributed by atoms with Crippen molar-refractivity contribution in [2.75, 3.05) is 7.05 Å². The zero-order valence-corrected chi connectivity index (χ0v) is 13.1. The van der Waals surface area contributed by atoms with Crippen molar-refractivity contribution < 1.29 is 4.39 Å². The number of nitrogens with one attached hydrogen (secondary N) is 1. The Morgan fingerprint density at radius 3 is 2.67 bits per heavy atom. The van der Waals surface area contributed by atoms with Crippen molar-refractivity contribution in [1.29, 1.82) is 0 Å². The minimum Gasteiger partial charge on any atom is -0.309 e. The molecule has 0 fully saturated rings. The zero-order valence-electron chi connectivity index (χ0n) is 11.5. The number of hydrogen-bond donors (Lipinski definition) is 1. The Balaban J connectivity index is 2.21. The number of halogens is 2. The summed E-state index contributed by atoms with van der Waals surface area (Å²) in [6, 6.07) is 13.1. The summed E-state index contributed by atoms with van der Waals surface area (Å²) in [5, 5.41) is 5.33. The number of aromatic nitrogens is 1. The lowest BCUT2D eigenvalue weighted by atomic mass is 9.94. The predicted octanol–water partition coefficient (Wildman–Crippen LogP) is 4.45. The monoisotopic (exact) mass is 344 g/mol. The Bertz CT molecular complexity index is 783. The maximum Gasteiger partial charge on any atom is 0.142 e. The first-order valence-corrected chi connectivity index (χ1v) is 7.45. The van der Waals surface area contributed by atoms with Crippen LogP contribution in [-0.4, -0.2) is 12.0 Å². The van der Waals surface area contributed by atoms with Gasteiger partial charge in [0.1, 0.15) is 5.82 Å². The fourth-order valence-corrected chi connectivity index (χ4v) is 2.99. The quantitative estimate of drug-likeness (QED) is 0.759. The molecule has 0 aliphatic carbocycles. The van der Waals surface area contributed by atoms with Crippen molar-refractivity contribution in [2.45, 2.75) is 6.04 Å². The lowest BCUT2D eigenvalue weighted by Crippen LogP contribution is -2.19. The highest BCUT2D eigenvalue weighted by molar-refractivity contribution is 9.10. The topological polar surface area (TPSA) is 24.9 Å². The summed E-state index contributed by atoms with van der Waals surface area (Å²) >= 11 is 3.25. The zero-order chi connectivity index (χ0) is 14.8. The summed E-state index contributed by atoms with van der Waals surface area (Å²) in [7, 11) is 1.83. The van der Waals surface area contributed by atoms with Crippen LogP contribution in [0.15, 0.2) is 59.3 Å². The summed E-state index contributed by atoms with van der Waals surface area (Å²) < 4.78 is 14.9. The molecule has 4 heteroatoms. The molecular weight excluding hydrogens is 331 g/mol. The van der Waals surface area contributed by atoms with Crippen molar-refractivity contribution in [2.24, 2.45) is 0 Å². The van der Waals surface area contributed by atoms with Gasteiger partial charge in [0.15, 0.2) is 0 Å². The van der Waals surface area contributed by atoms with Gasteiger partial charge in [0, 0.05) is 23.3 Å². The molecule has 0 spiro atoms. The van der Waals surface area contributed by atoms with Gasteiger partial charge >= 0.3 is 0 Å². The first-order chi connectivity index (χ1) is 10.2. The number of pyridine rings is 1. The second-order valence-electron chi connectivity index (χ2n) is 4.81. The van der Waals surface area contributed by atoms with E-state index in [1.807, 2.05) is 43.6 Å². The lowest BCUT2D eigenvalue weighted by Gasteiger charge is -2.20. The third-order valence-electron chi connectivity index (χ3n) is 3.61. The Hall–Kier alpha value is -1.78. The maximum atomic E-state index is 14.4. The summed E-state index contributed by atoms with van der Waals surface area (Å²) in [6.45, 7) is 0. The predicted molar refractivity (Wildman–Crippen MR) is 86.7 cm³/mol. The van der Waals surface area contributed by atoms with Crippen LogP contribution in [0.3, 0.4) is 0 Å². The molecule has 0 saturated carbocycles. The van der Waals surface area contributed by atoms with Crippen molar-refractivity contribution >= 4 is 26.7 Å². The fraction of sp³-hybridized carbons (Fsp3) is 0.118. The van der Waals surface area contributed by atoms with E-state index in [0.29, 0.717) is 10.0 Å². The van der Waals surface area contributed by atoms with E-state index in [9.17, 15) is 4.39 Å². The van der Waals surface area contributed by atoms with Crippen LogP contribution < -0.4 is 5.32 Å². The van der Waals surface area contributed by atoms with Gasteiger partial charge in [-0.25, -0.2) is 4.39 Å². The van der Waals surface area contributed by atoms with Crippen molar-refractivity contribution in [1.82, 2.24) is 10.3 Å². The first-order valence-electron chi connectivity index (χ1n) is 6.66. The minimum atomic E-state index is -0.238. The molecule has 1 N–H and O–H groups in total. The molecule has 0 aliphatic rings. The molecule has 0 aliphatic heterocycles. The van der Waals surface area contributed by atoms with Crippen molar-refractivity contribution in [3.63, 3.8) is 0 Å². The highest BCUT2D eigenvalue weighted by atomic mass is 79.9. The molecule has 106 valence electrons. The smallest absolute Gasteiger partial charge is 0.142 e. The molecule has 0 radical (unpaired) electrons. The molecule has 3 rings (SSSR count). The summed E-state index contributed by atoms with van der Waals surface area (Å²) in [6.07, 6.45) is 3.59. The van der Waals surface area contributed by atoms with Gasteiger partial charge in [0.2, 0.25) is 0 Å². The number of rotatable bonds is 3. The largest absolute Gasteiger partial charge is 0.309 e. The number of fused-ring (bicyclic) bond motifs is 1. The third kappa shape index (κ3) is 2.57. The number of nitrogens with zero attached hydrogens (tertiary/aromatic N) is 1. The van der Waals surface area contributed by atoms with Gasteiger partial charge < -0.3 is 5.32 Å². The first kappa shape index (κ1) is 14.2. The molecule has 2 aromatic carbocycles. The Morgan fingerprint density at radius 1 is 1.10 bits per heavy atom. The molecule has 0 amide bonds. The van der Waals surface area contributed by atoms with Gasteiger partial charge in [-0.3, -0.25) is 4.98 Å². The lowest BCUT2D eigenvalue weighted by molar-refractivity contribution is 0.572. The van der Waals surface area contributed by atoms with E-state index >= 15 is 0 Å². The van der Waals surface area contributed by atoms with Crippen LogP contribution in [0.25, 0.3) is 10.8 Å². The van der Waals surface area contributed by atoms with Crippen LogP contribution in [0.5, 0.6) is 0 Å². The van der Waals surface area contributed by atoms with Crippen LogP contribution in [0.2, 0.25) is 0 Å². The SMILES string of the molecule is CNC(c1cccc(Br)c1F)c1cccc2ccncc12. The second kappa shape index (κ2) is 5.92. The van der Waals surface area contributed by atoms with E-state index in [4.69, 9.17) is 0 Å². The molecule has 1 unspecified atom stereocenters. The van der Waals surface area contributed by atoms with Crippen LogP contribution in [0.1, 0.15) is 17.2 Å². The average Bonchev–Trinajstić information content (AvgIpc) is 2.52. The number of hydrogen-bond acceptors (Lipinski definition) is 2. The van der Waals surface area contributed by atoms with Gasteiger partial charge in [-0.2, -0.15) is 0 Å². The molecule has 2 nitrogen and oxygen atoms in total. The average molecular weight is 345 g/mol. The molecule has 21 heavy (non-hydrogen) atoms. The van der Waals surface area contributed by atoms with Crippen LogP contribution in [-0.2, 0) is 0 Å². The molecule has 0 saturated heterocycles. The van der Waals surface area contributed by atoms with Crippen LogP contribution in [0, 0.1) is 5.82 Å². The highest BCUT2D eigenvalue weighted by Crippen LogP contribution is 2.31. The number of benzene rings is 2. The molecule has 0 bridgehead atoms. The van der Waals surface area contributed by atoms with Crippen molar-refractivity contribution in [3.8, 4) is 0 Å². The van der Waals surface area contributed by atoms with Gasteiger partial charge in [-0.05, 0) is 46.1 Å². The summed E-state index contributed by atoms with van der Waals surface area (Å²) in [5.74, 6) is -0.238. The Kier molecular flexibility index (Phi) is 3.99. The van der Waals surface area contributed by atoms with Crippen LogP contribution >= 0.6 is 15.9 Å². The minimum absolute atomic E-state index is 0.226. The van der Waals surface area contributed by atoms with E-state index in [0.717, 1.165) is 16.3 Å². The Morgan fingerprint density at radius 2 is 1.86 bits per heavy atom. The molecule has 1 aromatic heterocycles. The fourth-order valence-electron chi connectivity index (χ4n) is 2.61. The summed E-state index contributed by atoms with van der Waals surface area (Å²) in [4.78, 5) is 4.19. The second-order valence-corrected chi connectivity index (χ2v) is 5.66. The standard InChI is InChI=1S/C17H14BrFN2/c1-20-17(13-6-3-7-15(18)16(13)19)12-5-2-4-11-8-9-21-10-14(11)12/h2-10,17,20H,1H3. The normalized spacial score (nSPS) is 12.5. The van der Waals surface area contributed by atoms with E-state index in [1.54, 1.807) is 18.3 Å². The molecule has 1 atom stereocenters. The Labute approximate surface area is 131 Å². The van der Waals surface area contributed by atoms with E-state index in [1.165, 1.54) is 0 Å². The van der Waals surface area contributed by atoms with Crippen molar-refractivity contribution in [3.05, 3.63) is 76.3 Å². The van der Waals surface area contributed by atoms with Gasteiger partial charge in [-0.1, -0.05) is 30.3 Å². The molecule has 1 heterocycles.